The third kappa shape index (κ3) is 4.52. The number of rotatable bonds is 6. The number of nitrogens with zero attached hydrogens (tertiary/aromatic N) is 1. The van der Waals surface area contributed by atoms with Crippen LogP contribution in [0.1, 0.15) is 53.3 Å². The quantitative estimate of drug-likeness (QED) is 0.394. The van der Waals surface area contributed by atoms with Crippen LogP contribution in [0.4, 0.5) is 9.18 Å². The number of halogens is 1. The SMILES string of the molecule is CCc1cc(-c2ccc(C)cc2CN2C(=O)O[C@H](c3cc(C)cc(C)c3)[C@@H]2C)c(OC)cc1F. The molecule has 2 atom stereocenters. The highest BCUT2D eigenvalue weighted by Crippen LogP contribution is 2.38. The van der Waals surface area contributed by atoms with Gasteiger partial charge in [0.15, 0.2) is 0 Å². The maximum absolute atomic E-state index is 14.4. The van der Waals surface area contributed by atoms with Crippen molar-refractivity contribution in [3.8, 4) is 16.9 Å². The summed E-state index contributed by atoms with van der Waals surface area (Å²) in [6, 6.07) is 15.6. The van der Waals surface area contributed by atoms with Gasteiger partial charge in [-0.1, -0.05) is 60.0 Å². The van der Waals surface area contributed by atoms with Crippen molar-refractivity contribution in [2.24, 2.45) is 0 Å². The van der Waals surface area contributed by atoms with Crippen molar-refractivity contribution in [2.45, 2.75) is 59.7 Å². The summed E-state index contributed by atoms with van der Waals surface area (Å²) >= 11 is 0. The Labute approximate surface area is 201 Å². The van der Waals surface area contributed by atoms with Crippen LogP contribution in [0.3, 0.4) is 0 Å². The Balaban J connectivity index is 1.72. The second-order valence-electron chi connectivity index (χ2n) is 9.25. The molecule has 0 aliphatic carbocycles. The molecule has 1 heterocycles. The topological polar surface area (TPSA) is 38.8 Å². The van der Waals surface area contributed by atoms with Crippen LogP contribution in [0.2, 0.25) is 0 Å². The van der Waals surface area contributed by atoms with Gasteiger partial charge in [0.1, 0.15) is 17.7 Å². The summed E-state index contributed by atoms with van der Waals surface area (Å²) in [5.74, 6) is 0.203. The Bertz CT molecular complexity index is 1220. The monoisotopic (exact) mass is 461 g/mol. The highest BCUT2D eigenvalue weighted by Gasteiger charge is 2.40. The molecule has 5 heteroatoms. The number of carbonyl (C=O) groups excluding carboxylic acids is 1. The van der Waals surface area contributed by atoms with Gasteiger partial charge in [0.2, 0.25) is 0 Å². The lowest BCUT2D eigenvalue weighted by Crippen LogP contribution is -2.31. The first-order valence-corrected chi connectivity index (χ1v) is 11.7. The number of amides is 1. The van der Waals surface area contributed by atoms with Crippen LogP contribution in [0.5, 0.6) is 5.75 Å². The molecule has 4 rings (SSSR count). The molecule has 0 bridgehead atoms. The fraction of sp³-hybridized carbons (Fsp3) is 0.345. The van der Waals surface area contributed by atoms with Crippen LogP contribution in [0, 0.1) is 26.6 Å². The van der Waals surface area contributed by atoms with Gasteiger partial charge in [0, 0.05) is 11.6 Å². The predicted molar refractivity (Wildman–Crippen MR) is 133 cm³/mol. The highest BCUT2D eigenvalue weighted by atomic mass is 19.1. The maximum atomic E-state index is 14.4. The number of methoxy groups -OCH3 is 1. The van der Waals surface area contributed by atoms with E-state index in [2.05, 4.69) is 38.1 Å². The van der Waals surface area contributed by atoms with Gasteiger partial charge in [0.05, 0.1) is 19.7 Å². The predicted octanol–water partition coefficient (Wildman–Crippen LogP) is 7.07. The van der Waals surface area contributed by atoms with Gasteiger partial charge >= 0.3 is 6.09 Å². The van der Waals surface area contributed by atoms with Gasteiger partial charge in [-0.05, 0) is 62.4 Å². The van der Waals surface area contributed by atoms with Gasteiger partial charge in [-0.2, -0.15) is 0 Å². The molecular weight excluding hydrogens is 429 g/mol. The van der Waals surface area contributed by atoms with Gasteiger partial charge < -0.3 is 9.47 Å². The molecule has 0 aromatic heterocycles. The third-order valence-electron chi connectivity index (χ3n) is 6.61. The Morgan fingerprint density at radius 3 is 2.29 bits per heavy atom. The van der Waals surface area contributed by atoms with E-state index in [1.807, 2.05) is 39.0 Å². The molecule has 0 radical (unpaired) electrons. The molecule has 178 valence electrons. The molecule has 34 heavy (non-hydrogen) atoms. The van der Waals surface area contributed by atoms with Crippen molar-refractivity contribution in [3.05, 3.63) is 87.7 Å². The minimum absolute atomic E-state index is 0.136. The number of ether oxygens (including phenoxy) is 2. The molecule has 1 fully saturated rings. The molecular formula is C29H32FNO3. The van der Waals surface area contributed by atoms with E-state index in [1.54, 1.807) is 12.0 Å². The van der Waals surface area contributed by atoms with Crippen LogP contribution >= 0.6 is 0 Å². The summed E-state index contributed by atoms with van der Waals surface area (Å²) < 4.78 is 25.8. The molecule has 3 aromatic carbocycles. The number of cyclic esters (lactones) is 1. The van der Waals surface area contributed by atoms with Crippen molar-refractivity contribution in [2.75, 3.05) is 7.11 Å². The van der Waals surface area contributed by atoms with Gasteiger partial charge in [-0.25, -0.2) is 9.18 Å². The zero-order valence-electron chi connectivity index (χ0n) is 20.7. The average molecular weight is 462 g/mol. The molecule has 3 aromatic rings. The minimum Gasteiger partial charge on any atom is -0.496 e. The first-order chi connectivity index (χ1) is 16.2. The third-order valence-corrected chi connectivity index (χ3v) is 6.61. The lowest BCUT2D eigenvalue weighted by molar-refractivity contribution is 0.130. The van der Waals surface area contributed by atoms with Crippen molar-refractivity contribution >= 4 is 6.09 Å². The fourth-order valence-electron chi connectivity index (χ4n) is 4.88. The summed E-state index contributed by atoms with van der Waals surface area (Å²) in [5, 5.41) is 0. The minimum atomic E-state index is -0.329. The summed E-state index contributed by atoms with van der Waals surface area (Å²) in [4.78, 5) is 14.7. The van der Waals surface area contributed by atoms with Crippen molar-refractivity contribution in [1.82, 2.24) is 4.90 Å². The second kappa shape index (κ2) is 9.49. The fourth-order valence-corrected chi connectivity index (χ4v) is 4.88. The number of hydrogen-bond donors (Lipinski definition) is 0. The summed E-state index contributed by atoms with van der Waals surface area (Å²) in [6.07, 6.45) is -0.0762. The highest BCUT2D eigenvalue weighted by molar-refractivity contribution is 5.76. The number of hydrogen-bond acceptors (Lipinski definition) is 3. The lowest BCUT2D eigenvalue weighted by atomic mass is 9.94. The molecule has 1 aliphatic rings. The Kier molecular flexibility index (Phi) is 6.65. The van der Waals surface area contributed by atoms with Crippen LogP contribution in [-0.2, 0) is 17.7 Å². The zero-order valence-corrected chi connectivity index (χ0v) is 20.7. The smallest absolute Gasteiger partial charge is 0.411 e. The average Bonchev–Trinajstić information content (AvgIpc) is 3.07. The van der Waals surface area contributed by atoms with Crippen molar-refractivity contribution < 1.29 is 18.7 Å². The normalized spacial score (nSPS) is 17.7. The maximum Gasteiger partial charge on any atom is 0.411 e. The van der Waals surface area contributed by atoms with Crippen molar-refractivity contribution in [3.63, 3.8) is 0 Å². The summed E-state index contributed by atoms with van der Waals surface area (Å²) in [7, 11) is 1.55. The van der Waals surface area contributed by atoms with E-state index in [-0.39, 0.29) is 24.1 Å². The number of benzene rings is 3. The van der Waals surface area contributed by atoms with Crippen LogP contribution in [0.25, 0.3) is 11.1 Å². The lowest BCUT2D eigenvalue weighted by Gasteiger charge is -2.23. The first kappa shape index (κ1) is 23.8. The standard InChI is InChI=1S/C29H32FNO3/c1-7-21-14-25(27(33-6)15-26(21)30)24-9-8-17(2)11-23(24)16-31-20(5)28(34-29(31)32)22-12-18(3)10-19(4)13-22/h8-15,20,28H,7,16H2,1-6H3/t20-,28-/m0/s1. The van der Waals surface area contributed by atoms with E-state index in [0.717, 1.165) is 38.9 Å². The number of carbonyl (C=O) groups is 1. The van der Waals surface area contributed by atoms with Gasteiger partial charge in [-0.15, -0.1) is 0 Å². The summed E-state index contributed by atoms with van der Waals surface area (Å²) in [6.45, 7) is 10.5. The molecule has 0 spiro atoms. The van der Waals surface area contributed by atoms with E-state index >= 15 is 0 Å². The molecule has 0 unspecified atom stereocenters. The Morgan fingerprint density at radius 1 is 0.941 bits per heavy atom. The van der Waals surface area contributed by atoms with E-state index in [0.29, 0.717) is 24.3 Å². The number of aryl methyl sites for hydroxylation is 4. The van der Waals surface area contributed by atoms with Crippen molar-refractivity contribution in [1.29, 1.82) is 0 Å². The Hall–Kier alpha value is -3.34. The largest absolute Gasteiger partial charge is 0.496 e. The zero-order chi connectivity index (χ0) is 24.6. The van der Waals surface area contributed by atoms with Crippen LogP contribution in [-0.4, -0.2) is 24.1 Å². The Morgan fingerprint density at radius 2 is 1.65 bits per heavy atom. The molecule has 1 amide bonds. The first-order valence-electron chi connectivity index (χ1n) is 11.7. The van der Waals surface area contributed by atoms with E-state index in [1.165, 1.54) is 6.07 Å². The van der Waals surface area contributed by atoms with Gasteiger partial charge in [-0.3, -0.25) is 4.90 Å². The van der Waals surface area contributed by atoms with E-state index < -0.39 is 0 Å². The molecule has 0 N–H and O–H groups in total. The van der Waals surface area contributed by atoms with E-state index in [4.69, 9.17) is 9.47 Å². The molecule has 1 saturated heterocycles. The van der Waals surface area contributed by atoms with Crippen LogP contribution in [0.15, 0.2) is 48.5 Å². The molecule has 0 saturated carbocycles. The van der Waals surface area contributed by atoms with Crippen LogP contribution < -0.4 is 4.74 Å². The second-order valence-corrected chi connectivity index (χ2v) is 9.25. The van der Waals surface area contributed by atoms with E-state index in [9.17, 15) is 9.18 Å². The molecule has 4 nitrogen and oxygen atoms in total. The molecule has 1 aliphatic heterocycles. The summed E-state index contributed by atoms with van der Waals surface area (Å²) in [5.41, 5.74) is 7.73. The van der Waals surface area contributed by atoms with Gasteiger partial charge in [0.25, 0.3) is 0 Å².